The van der Waals surface area contributed by atoms with Crippen LogP contribution in [-0.2, 0) is 16.1 Å². The molecule has 0 aromatic heterocycles. The van der Waals surface area contributed by atoms with E-state index in [4.69, 9.17) is 14.2 Å². The van der Waals surface area contributed by atoms with Crippen molar-refractivity contribution in [2.24, 2.45) is 0 Å². The van der Waals surface area contributed by atoms with Crippen LogP contribution in [0.1, 0.15) is 37.7 Å². The Labute approximate surface area is 185 Å². The van der Waals surface area contributed by atoms with E-state index < -0.39 is 0 Å². The fourth-order valence-corrected chi connectivity index (χ4v) is 4.04. The van der Waals surface area contributed by atoms with E-state index in [1.165, 1.54) is 19.3 Å². The zero-order valence-electron chi connectivity index (χ0n) is 18.9. The van der Waals surface area contributed by atoms with Crippen molar-refractivity contribution in [3.8, 4) is 22.6 Å². The normalized spacial score (nSPS) is 15.4. The number of benzene rings is 2. The zero-order chi connectivity index (χ0) is 22.1. The Morgan fingerprint density at radius 2 is 1.61 bits per heavy atom. The van der Waals surface area contributed by atoms with Crippen molar-refractivity contribution < 1.29 is 19.0 Å². The van der Waals surface area contributed by atoms with Gasteiger partial charge in [-0.3, -0.25) is 4.79 Å². The van der Waals surface area contributed by atoms with E-state index in [2.05, 4.69) is 23.5 Å². The van der Waals surface area contributed by atoms with Crippen LogP contribution in [0.5, 0.6) is 11.5 Å². The molecule has 2 aromatic carbocycles. The van der Waals surface area contributed by atoms with Gasteiger partial charge in [0.2, 0.25) is 0 Å². The maximum atomic E-state index is 12.8. The molecule has 1 aliphatic heterocycles. The molecule has 0 fully saturated rings. The number of hydrogen-bond donors (Lipinski definition) is 1. The van der Waals surface area contributed by atoms with Gasteiger partial charge in [-0.15, -0.1) is 0 Å². The number of nitrogens with one attached hydrogen (secondary N) is 1. The minimum Gasteiger partial charge on any atom is -0.493 e. The maximum Gasteiger partial charge on any atom is 0.252 e. The highest BCUT2D eigenvalue weighted by molar-refractivity contribution is 5.95. The summed E-state index contributed by atoms with van der Waals surface area (Å²) < 4.78 is 16.0. The lowest BCUT2D eigenvalue weighted by atomic mass is 10.00. The number of amides is 1. The van der Waals surface area contributed by atoms with Gasteiger partial charge in [-0.25, -0.2) is 0 Å². The molecular formula is C25H34N2O4. The summed E-state index contributed by atoms with van der Waals surface area (Å²) in [6.07, 6.45) is 5.74. The molecule has 3 rings (SSSR count). The molecule has 0 unspecified atom stereocenters. The average molecular weight is 427 g/mol. The first-order valence-electron chi connectivity index (χ1n) is 11.0. The second-order valence-corrected chi connectivity index (χ2v) is 7.84. The van der Waals surface area contributed by atoms with E-state index in [-0.39, 0.29) is 12.5 Å². The second-order valence-electron chi connectivity index (χ2n) is 7.84. The van der Waals surface area contributed by atoms with Crippen molar-refractivity contribution in [1.82, 2.24) is 5.32 Å². The van der Waals surface area contributed by atoms with Crippen LogP contribution >= 0.6 is 0 Å². The molecule has 6 heteroatoms. The Morgan fingerprint density at radius 1 is 0.903 bits per heavy atom. The van der Waals surface area contributed by atoms with Crippen LogP contribution in [0.3, 0.4) is 0 Å². The summed E-state index contributed by atoms with van der Waals surface area (Å²) in [4.78, 5) is 14.7. The first-order chi connectivity index (χ1) is 15.2. The summed E-state index contributed by atoms with van der Waals surface area (Å²) in [6.45, 7) is 2.49. The minimum atomic E-state index is -0.000300. The van der Waals surface area contributed by atoms with Crippen LogP contribution in [0.25, 0.3) is 11.1 Å². The lowest BCUT2D eigenvalue weighted by Crippen LogP contribution is -2.36. The molecule has 0 spiro atoms. The third-order valence-electron chi connectivity index (χ3n) is 5.71. The number of anilines is 1. The quantitative estimate of drug-likeness (QED) is 0.768. The summed E-state index contributed by atoms with van der Waals surface area (Å²) >= 11 is 0. The van der Waals surface area contributed by atoms with E-state index in [1.807, 2.05) is 23.1 Å². The number of methoxy groups -OCH3 is 3. The van der Waals surface area contributed by atoms with Crippen molar-refractivity contribution in [3.63, 3.8) is 0 Å². The fourth-order valence-electron chi connectivity index (χ4n) is 4.04. The molecule has 1 N–H and O–H groups in total. The third-order valence-corrected chi connectivity index (χ3v) is 5.71. The topological polar surface area (TPSA) is 60.0 Å². The van der Waals surface area contributed by atoms with Gasteiger partial charge in [0, 0.05) is 25.9 Å². The Morgan fingerprint density at radius 3 is 2.39 bits per heavy atom. The van der Waals surface area contributed by atoms with Crippen LogP contribution in [0, 0.1) is 0 Å². The molecule has 0 saturated heterocycles. The first kappa shape index (κ1) is 23.1. The maximum absolute atomic E-state index is 12.8. The van der Waals surface area contributed by atoms with Gasteiger partial charge < -0.3 is 24.4 Å². The number of nitrogens with zero attached hydrogens (tertiary/aromatic N) is 1. The van der Waals surface area contributed by atoms with E-state index in [0.717, 1.165) is 41.8 Å². The van der Waals surface area contributed by atoms with Gasteiger partial charge in [0.1, 0.15) is 6.61 Å². The molecule has 168 valence electrons. The van der Waals surface area contributed by atoms with Crippen LogP contribution in [0.4, 0.5) is 5.69 Å². The number of carbonyl (C=O) groups is 1. The number of rotatable bonds is 5. The molecule has 31 heavy (non-hydrogen) atoms. The minimum absolute atomic E-state index is 0.000300. The number of fused-ring (bicyclic) bond motifs is 1. The van der Waals surface area contributed by atoms with Crippen molar-refractivity contribution in [2.75, 3.05) is 45.9 Å². The molecule has 1 heterocycles. The van der Waals surface area contributed by atoms with Gasteiger partial charge in [0.05, 0.1) is 14.2 Å². The smallest absolute Gasteiger partial charge is 0.252 e. The first-order valence-corrected chi connectivity index (χ1v) is 11.0. The predicted octanol–water partition coefficient (Wildman–Crippen LogP) is 4.40. The molecular weight excluding hydrogens is 392 g/mol. The molecule has 0 aliphatic carbocycles. The number of carbonyl (C=O) groups excluding carboxylic acids is 1. The lowest BCUT2D eigenvalue weighted by molar-refractivity contribution is -0.122. The zero-order valence-corrected chi connectivity index (χ0v) is 18.9. The standard InChI is InChI=1S/C25H34N2O4/c1-29-18-25(28)27-14-8-6-4-5-7-13-26-17-21-15-19(9-11-22(21)27)20-10-12-23(30-2)24(16-20)31-3/h9-12,15-16,26H,4-8,13-14,17-18H2,1-3H3. The summed E-state index contributed by atoms with van der Waals surface area (Å²) in [5.41, 5.74) is 4.19. The fraction of sp³-hybridized carbons (Fsp3) is 0.480. The highest BCUT2D eigenvalue weighted by atomic mass is 16.5. The number of hydrogen-bond acceptors (Lipinski definition) is 5. The second kappa shape index (κ2) is 11.7. The molecule has 0 bridgehead atoms. The van der Waals surface area contributed by atoms with Crippen molar-refractivity contribution in [1.29, 1.82) is 0 Å². The summed E-state index contributed by atoms with van der Waals surface area (Å²) in [6, 6.07) is 12.2. The summed E-state index contributed by atoms with van der Waals surface area (Å²) in [7, 11) is 4.84. The molecule has 6 nitrogen and oxygen atoms in total. The molecule has 0 atom stereocenters. The molecule has 0 saturated carbocycles. The SMILES string of the molecule is COCC(=O)N1CCCCCCCNCc2cc(-c3ccc(OC)c(OC)c3)ccc21. The molecule has 1 aliphatic rings. The van der Waals surface area contributed by atoms with Crippen LogP contribution in [-0.4, -0.2) is 46.9 Å². The van der Waals surface area contributed by atoms with Gasteiger partial charge >= 0.3 is 0 Å². The largest absolute Gasteiger partial charge is 0.493 e. The van der Waals surface area contributed by atoms with Crippen molar-refractivity contribution in [2.45, 2.75) is 38.6 Å². The molecule has 2 aromatic rings. The average Bonchev–Trinajstić information content (AvgIpc) is 2.79. The molecule has 1 amide bonds. The highest BCUT2D eigenvalue weighted by Gasteiger charge is 2.19. The van der Waals surface area contributed by atoms with Crippen molar-refractivity contribution in [3.05, 3.63) is 42.0 Å². The van der Waals surface area contributed by atoms with Gasteiger partial charge in [-0.05, 0) is 60.3 Å². The van der Waals surface area contributed by atoms with Gasteiger partial charge in [-0.2, -0.15) is 0 Å². The highest BCUT2D eigenvalue weighted by Crippen LogP contribution is 2.34. The number of ether oxygens (including phenoxy) is 3. The Balaban J connectivity index is 1.99. The van der Waals surface area contributed by atoms with Crippen LogP contribution in [0.2, 0.25) is 0 Å². The predicted molar refractivity (Wildman–Crippen MR) is 124 cm³/mol. The molecule has 0 radical (unpaired) electrons. The Bertz CT molecular complexity index is 869. The van der Waals surface area contributed by atoms with E-state index in [9.17, 15) is 4.79 Å². The van der Waals surface area contributed by atoms with Gasteiger partial charge in [0.25, 0.3) is 5.91 Å². The van der Waals surface area contributed by atoms with Gasteiger partial charge in [-0.1, -0.05) is 31.4 Å². The van der Waals surface area contributed by atoms with E-state index in [0.29, 0.717) is 24.6 Å². The van der Waals surface area contributed by atoms with E-state index in [1.54, 1.807) is 21.3 Å². The van der Waals surface area contributed by atoms with Gasteiger partial charge in [0.15, 0.2) is 11.5 Å². The third kappa shape index (κ3) is 5.99. The lowest BCUT2D eigenvalue weighted by Gasteiger charge is -2.26. The Kier molecular flexibility index (Phi) is 8.74. The monoisotopic (exact) mass is 426 g/mol. The summed E-state index contributed by atoms with van der Waals surface area (Å²) in [5.74, 6) is 1.40. The Hall–Kier alpha value is -2.57. The van der Waals surface area contributed by atoms with Crippen LogP contribution in [0.15, 0.2) is 36.4 Å². The van der Waals surface area contributed by atoms with E-state index >= 15 is 0 Å². The van der Waals surface area contributed by atoms with Crippen LogP contribution < -0.4 is 19.7 Å². The summed E-state index contributed by atoms with van der Waals surface area (Å²) in [5, 5.41) is 3.56. The van der Waals surface area contributed by atoms with Crippen molar-refractivity contribution >= 4 is 11.6 Å².